The molecule has 0 amide bonds. The second-order valence-corrected chi connectivity index (χ2v) is 7.72. The van der Waals surface area contributed by atoms with Gasteiger partial charge in [-0.05, 0) is 45.2 Å². The summed E-state index contributed by atoms with van der Waals surface area (Å²) in [6.07, 6.45) is 0. The molecule has 1 aromatic rings. The van der Waals surface area contributed by atoms with Crippen molar-refractivity contribution in [3.8, 4) is 0 Å². The van der Waals surface area contributed by atoms with Gasteiger partial charge >= 0.3 is 0 Å². The second-order valence-electron chi connectivity index (χ2n) is 5.82. The highest BCUT2D eigenvalue weighted by atomic mass is 32.2. The molecule has 0 aromatic heterocycles. The first-order chi connectivity index (χ1) is 8.21. The predicted octanol–water partition coefficient (Wildman–Crippen LogP) is 4.08. The van der Waals surface area contributed by atoms with Crippen molar-refractivity contribution in [1.29, 1.82) is 0 Å². The number of nitrogens with zero attached hydrogens (tertiary/aromatic N) is 1. The van der Waals surface area contributed by atoms with Crippen LogP contribution in [0.15, 0.2) is 28.7 Å². The Morgan fingerprint density at radius 1 is 1.28 bits per heavy atom. The average Bonchev–Trinajstić information content (AvgIpc) is 2.27. The molecule has 0 heterocycles. The van der Waals surface area contributed by atoms with E-state index in [0.717, 1.165) is 11.3 Å². The Morgan fingerprint density at radius 2 is 1.89 bits per heavy atom. The Kier molecular flexibility index (Phi) is 5.00. The minimum atomic E-state index is -1.20. The summed E-state index contributed by atoms with van der Waals surface area (Å²) in [4.78, 5) is 0. The molecule has 0 saturated heterocycles. The maximum atomic E-state index is 12.0. The van der Waals surface area contributed by atoms with Crippen molar-refractivity contribution in [3.05, 3.63) is 35.4 Å². The van der Waals surface area contributed by atoms with E-state index < -0.39 is 11.4 Å². The minimum absolute atomic E-state index is 0.309. The molecule has 3 heteroatoms. The van der Waals surface area contributed by atoms with Crippen LogP contribution in [0, 0.1) is 0 Å². The van der Waals surface area contributed by atoms with Crippen molar-refractivity contribution in [2.45, 2.75) is 52.2 Å². The summed E-state index contributed by atoms with van der Waals surface area (Å²) in [5, 5.41) is 0. The summed E-state index contributed by atoms with van der Waals surface area (Å²) in [6, 6.07) is 8.29. The van der Waals surface area contributed by atoms with Gasteiger partial charge in [-0.15, -0.1) is 0 Å². The summed E-state index contributed by atoms with van der Waals surface area (Å²) >= 11 is -1.20. The lowest BCUT2D eigenvalue weighted by atomic mass is 9.99. The van der Waals surface area contributed by atoms with Crippen molar-refractivity contribution < 1.29 is 4.55 Å². The van der Waals surface area contributed by atoms with Crippen molar-refractivity contribution >= 4 is 17.1 Å². The molecule has 0 aliphatic heterocycles. The third kappa shape index (κ3) is 4.14. The molecule has 0 radical (unpaired) electrons. The van der Waals surface area contributed by atoms with Gasteiger partial charge in [-0.3, -0.25) is 0 Å². The highest BCUT2D eigenvalue weighted by Crippen LogP contribution is 2.20. The zero-order valence-electron chi connectivity index (χ0n) is 12.2. The van der Waals surface area contributed by atoms with E-state index in [-0.39, 0.29) is 4.75 Å². The van der Waals surface area contributed by atoms with Gasteiger partial charge in [-0.2, -0.15) is 0 Å². The lowest BCUT2D eigenvalue weighted by Gasteiger charge is -2.19. The van der Waals surface area contributed by atoms with E-state index in [1.165, 1.54) is 5.56 Å². The molecule has 0 spiro atoms. The van der Waals surface area contributed by atoms with E-state index in [1.807, 2.05) is 39.8 Å². The lowest BCUT2D eigenvalue weighted by molar-refractivity contribution is 0.561. The number of rotatable bonds is 3. The zero-order chi connectivity index (χ0) is 13.9. The van der Waals surface area contributed by atoms with Gasteiger partial charge in [0.15, 0.2) is 0 Å². The van der Waals surface area contributed by atoms with Gasteiger partial charge in [0.25, 0.3) is 0 Å². The number of hydrogen-bond donors (Lipinski definition) is 0. The monoisotopic (exact) mass is 265 g/mol. The van der Waals surface area contributed by atoms with E-state index in [4.69, 9.17) is 0 Å². The fourth-order valence-electron chi connectivity index (χ4n) is 1.44. The van der Waals surface area contributed by atoms with Crippen LogP contribution in [0.3, 0.4) is 0 Å². The maximum absolute atomic E-state index is 12.0. The normalized spacial score (nSPS) is 15.0. The van der Waals surface area contributed by atoms with Crippen LogP contribution in [0.4, 0.5) is 0 Å². The lowest BCUT2D eigenvalue weighted by Crippen LogP contribution is -2.26. The van der Waals surface area contributed by atoms with E-state index in [2.05, 4.69) is 30.4 Å². The van der Waals surface area contributed by atoms with Gasteiger partial charge in [0.1, 0.15) is 16.1 Å². The van der Waals surface area contributed by atoms with Crippen LogP contribution in [0.5, 0.6) is 0 Å². The van der Waals surface area contributed by atoms with Crippen molar-refractivity contribution in [2.24, 2.45) is 4.40 Å². The van der Waals surface area contributed by atoms with E-state index in [9.17, 15) is 4.55 Å². The summed E-state index contributed by atoms with van der Waals surface area (Å²) < 4.78 is 16.0. The highest BCUT2D eigenvalue weighted by molar-refractivity contribution is 7.91. The highest BCUT2D eigenvalue weighted by Gasteiger charge is 2.26. The SMILES string of the molecule is CC(=N[S+]([O-])C(C)(C)C)c1cccc(C(C)C)c1. The van der Waals surface area contributed by atoms with Crippen molar-refractivity contribution in [3.63, 3.8) is 0 Å². The molecule has 1 aromatic carbocycles. The molecule has 1 rings (SSSR count). The Bertz CT molecular complexity index is 432. The van der Waals surface area contributed by atoms with E-state index >= 15 is 0 Å². The van der Waals surface area contributed by atoms with Crippen LogP contribution in [0.25, 0.3) is 0 Å². The topological polar surface area (TPSA) is 35.4 Å². The molecule has 1 atom stereocenters. The van der Waals surface area contributed by atoms with E-state index in [1.54, 1.807) is 0 Å². The van der Waals surface area contributed by atoms with Crippen LogP contribution >= 0.6 is 0 Å². The second kappa shape index (κ2) is 5.89. The fraction of sp³-hybridized carbons (Fsp3) is 0.533. The van der Waals surface area contributed by atoms with E-state index in [0.29, 0.717) is 5.92 Å². The molecule has 0 fully saturated rings. The molecule has 0 saturated carbocycles. The summed E-state index contributed by atoms with van der Waals surface area (Å²) in [5.74, 6) is 0.492. The molecular formula is C15H23NOS. The molecule has 0 aliphatic rings. The van der Waals surface area contributed by atoms with Crippen LogP contribution in [-0.4, -0.2) is 15.0 Å². The van der Waals surface area contributed by atoms with Crippen LogP contribution in [0.1, 0.15) is 58.6 Å². The zero-order valence-corrected chi connectivity index (χ0v) is 13.0. The molecule has 1 unspecified atom stereocenters. The van der Waals surface area contributed by atoms with Crippen LogP contribution in [-0.2, 0) is 11.4 Å². The van der Waals surface area contributed by atoms with Gasteiger partial charge < -0.3 is 4.55 Å². The smallest absolute Gasteiger partial charge is 0.144 e. The first-order valence-corrected chi connectivity index (χ1v) is 7.40. The van der Waals surface area contributed by atoms with Crippen molar-refractivity contribution in [1.82, 2.24) is 0 Å². The maximum Gasteiger partial charge on any atom is 0.144 e. The third-order valence-electron chi connectivity index (χ3n) is 2.71. The van der Waals surface area contributed by atoms with Crippen LogP contribution in [0.2, 0.25) is 0 Å². The Labute approximate surface area is 114 Å². The first-order valence-electron chi connectivity index (χ1n) is 6.29. The Hall–Kier alpha value is -0.800. The number of hydrogen-bond acceptors (Lipinski definition) is 2. The first kappa shape index (κ1) is 15.3. The van der Waals surface area contributed by atoms with Gasteiger partial charge in [-0.25, -0.2) is 0 Å². The Balaban J connectivity index is 3.00. The molecule has 0 bridgehead atoms. The quantitative estimate of drug-likeness (QED) is 0.599. The minimum Gasteiger partial charge on any atom is -0.591 e. The largest absolute Gasteiger partial charge is 0.591 e. The predicted molar refractivity (Wildman–Crippen MR) is 80.6 cm³/mol. The number of benzene rings is 1. The molecule has 0 N–H and O–H groups in total. The fourth-order valence-corrected chi connectivity index (χ4v) is 2.06. The molecule has 18 heavy (non-hydrogen) atoms. The van der Waals surface area contributed by atoms with Gasteiger partial charge in [0.2, 0.25) is 0 Å². The van der Waals surface area contributed by atoms with Crippen LogP contribution < -0.4 is 0 Å². The van der Waals surface area contributed by atoms with Gasteiger partial charge in [0.05, 0.1) is 5.71 Å². The molecule has 100 valence electrons. The molecule has 2 nitrogen and oxygen atoms in total. The standard InChI is InChI=1S/C15H23NOS/c1-11(2)13-8-7-9-14(10-13)12(3)16-18(17)15(4,5)6/h7-11H,1-6H3. The molecular weight excluding hydrogens is 242 g/mol. The summed E-state index contributed by atoms with van der Waals surface area (Å²) in [5.41, 5.74) is 3.17. The summed E-state index contributed by atoms with van der Waals surface area (Å²) in [6.45, 7) is 12.1. The van der Waals surface area contributed by atoms with Gasteiger partial charge in [-0.1, -0.05) is 36.4 Å². The Morgan fingerprint density at radius 3 is 2.39 bits per heavy atom. The summed E-state index contributed by atoms with van der Waals surface area (Å²) in [7, 11) is 0. The van der Waals surface area contributed by atoms with Gasteiger partial charge in [0, 0.05) is 5.56 Å². The average molecular weight is 265 g/mol. The molecule has 0 aliphatic carbocycles. The third-order valence-corrected chi connectivity index (χ3v) is 4.20. The van der Waals surface area contributed by atoms with Crippen molar-refractivity contribution in [2.75, 3.05) is 0 Å².